The lowest BCUT2D eigenvalue weighted by molar-refractivity contribution is -0.129. The molecule has 0 unspecified atom stereocenters. The summed E-state index contributed by atoms with van der Waals surface area (Å²) in [5, 5.41) is 2.83. The van der Waals surface area contributed by atoms with Crippen LogP contribution in [0.5, 0.6) is 5.75 Å². The van der Waals surface area contributed by atoms with Crippen LogP contribution in [0.3, 0.4) is 0 Å². The Bertz CT molecular complexity index is 830. The Morgan fingerprint density at radius 3 is 2.39 bits per heavy atom. The Kier molecular flexibility index (Phi) is 6.08. The number of carbonyl (C=O) groups is 2. The van der Waals surface area contributed by atoms with Crippen molar-refractivity contribution in [2.24, 2.45) is 0 Å². The molecule has 0 saturated carbocycles. The zero-order chi connectivity index (χ0) is 20.1. The van der Waals surface area contributed by atoms with E-state index in [1.165, 1.54) is 6.20 Å². The molecule has 1 fully saturated rings. The van der Waals surface area contributed by atoms with E-state index in [0.717, 1.165) is 0 Å². The van der Waals surface area contributed by atoms with Crippen molar-refractivity contribution >= 4 is 23.3 Å². The Balaban J connectivity index is 1.64. The van der Waals surface area contributed by atoms with Crippen molar-refractivity contribution in [1.29, 1.82) is 0 Å². The second-order valence-corrected chi connectivity index (χ2v) is 6.87. The Morgan fingerprint density at radius 2 is 1.79 bits per heavy atom. The molecule has 0 spiro atoms. The van der Waals surface area contributed by atoms with Crippen LogP contribution in [0.2, 0.25) is 0 Å². The average Bonchev–Trinajstić information content (AvgIpc) is 2.69. The smallest absolute Gasteiger partial charge is 0.275 e. The Morgan fingerprint density at radius 1 is 1.07 bits per heavy atom. The van der Waals surface area contributed by atoms with Crippen molar-refractivity contribution in [2.75, 3.05) is 36.4 Å². The van der Waals surface area contributed by atoms with Crippen LogP contribution in [0.15, 0.2) is 36.7 Å². The number of anilines is 2. The SMILES string of the molecule is CC(=O)N1CCN(c2cnc(C(=O)Nc3ccccc3OC(C)C)cn2)CC1. The van der Waals surface area contributed by atoms with Gasteiger partial charge in [0.1, 0.15) is 17.3 Å². The number of para-hydroxylation sites is 2. The summed E-state index contributed by atoms with van der Waals surface area (Å²) in [6, 6.07) is 7.28. The van der Waals surface area contributed by atoms with Crippen LogP contribution < -0.4 is 15.0 Å². The summed E-state index contributed by atoms with van der Waals surface area (Å²) in [5.41, 5.74) is 0.818. The zero-order valence-corrected chi connectivity index (χ0v) is 16.4. The van der Waals surface area contributed by atoms with Crippen LogP contribution in [0, 0.1) is 0 Å². The minimum Gasteiger partial charge on any atom is -0.489 e. The summed E-state index contributed by atoms with van der Waals surface area (Å²) in [7, 11) is 0. The molecule has 2 heterocycles. The molecule has 148 valence electrons. The minimum atomic E-state index is -0.347. The fourth-order valence-corrected chi connectivity index (χ4v) is 2.97. The highest BCUT2D eigenvalue weighted by molar-refractivity contribution is 6.03. The number of ether oxygens (including phenoxy) is 1. The van der Waals surface area contributed by atoms with Crippen LogP contribution in [0.25, 0.3) is 0 Å². The predicted octanol–water partition coefficient (Wildman–Crippen LogP) is 2.18. The number of benzene rings is 1. The fourth-order valence-electron chi connectivity index (χ4n) is 2.97. The van der Waals surface area contributed by atoms with Gasteiger partial charge in [0.2, 0.25) is 5.91 Å². The third-order valence-electron chi connectivity index (χ3n) is 4.42. The standard InChI is InChI=1S/C20H25N5O3/c1-14(2)28-18-7-5-4-6-16(18)23-20(27)17-12-22-19(13-21-17)25-10-8-24(9-11-25)15(3)26/h4-7,12-14H,8-11H2,1-3H3,(H,23,27). The van der Waals surface area contributed by atoms with Crippen molar-refractivity contribution < 1.29 is 14.3 Å². The largest absolute Gasteiger partial charge is 0.489 e. The fraction of sp³-hybridized carbons (Fsp3) is 0.400. The molecule has 1 aliphatic rings. The van der Waals surface area contributed by atoms with Crippen molar-refractivity contribution in [3.05, 3.63) is 42.4 Å². The van der Waals surface area contributed by atoms with Crippen LogP contribution in [-0.2, 0) is 4.79 Å². The van der Waals surface area contributed by atoms with Crippen LogP contribution in [0.4, 0.5) is 11.5 Å². The van der Waals surface area contributed by atoms with Gasteiger partial charge in [0.05, 0.1) is 24.2 Å². The second kappa shape index (κ2) is 8.69. The van der Waals surface area contributed by atoms with Crippen molar-refractivity contribution in [2.45, 2.75) is 26.9 Å². The summed E-state index contributed by atoms with van der Waals surface area (Å²) in [6.45, 7) is 8.14. The number of hydrogen-bond acceptors (Lipinski definition) is 6. The molecule has 8 heteroatoms. The lowest BCUT2D eigenvalue weighted by atomic mass is 10.2. The molecule has 0 aliphatic carbocycles. The van der Waals surface area contributed by atoms with Crippen molar-refractivity contribution in [3.8, 4) is 5.75 Å². The lowest BCUT2D eigenvalue weighted by Gasteiger charge is -2.34. The minimum absolute atomic E-state index is 0.000552. The van der Waals surface area contributed by atoms with Gasteiger partial charge in [-0.3, -0.25) is 9.59 Å². The van der Waals surface area contributed by atoms with E-state index in [-0.39, 0.29) is 23.6 Å². The predicted molar refractivity (Wildman–Crippen MR) is 107 cm³/mol. The van der Waals surface area contributed by atoms with Gasteiger partial charge in [-0.25, -0.2) is 9.97 Å². The van der Waals surface area contributed by atoms with Gasteiger partial charge >= 0.3 is 0 Å². The number of aromatic nitrogens is 2. The highest BCUT2D eigenvalue weighted by Gasteiger charge is 2.20. The molecule has 28 heavy (non-hydrogen) atoms. The molecule has 3 rings (SSSR count). The molecule has 0 radical (unpaired) electrons. The van der Waals surface area contributed by atoms with Gasteiger partial charge in [-0.1, -0.05) is 12.1 Å². The number of amides is 2. The quantitative estimate of drug-likeness (QED) is 0.852. The molecular weight excluding hydrogens is 358 g/mol. The Hall–Kier alpha value is -3.16. The maximum atomic E-state index is 12.5. The first-order valence-corrected chi connectivity index (χ1v) is 9.33. The Labute approximate surface area is 164 Å². The first-order chi connectivity index (χ1) is 13.4. The third kappa shape index (κ3) is 4.76. The van der Waals surface area contributed by atoms with E-state index in [4.69, 9.17) is 4.74 Å². The van der Waals surface area contributed by atoms with E-state index in [1.807, 2.05) is 36.9 Å². The molecule has 8 nitrogen and oxygen atoms in total. The van der Waals surface area contributed by atoms with Crippen LogP contribution in [0.1, 0.15) is 31.3 Å². The molecule has 1 aromatic heterocycles. The maximum absolute atomic E-state index is 12.5. The van der Waals surface area contributed by atoms with Crippen LogP contribution >= 0.6 is 0 Å². The molecule has 2 aromatic rings. The third-order valence-corrected chi connectivity index (χ3v) is 4.42. The monoisotopic (exact) mass is 383 g/mol. The summed E-state index contributed by atoms with van der Waals surface area (Å²) < 4.78 is 5.72. The first-order valence-electron chi connectivity index (χ1n) is 9.33. The van der Waals surface area contributed by atoms with Gasteiger partial charge in [0.15, 0.2) is 0 Å². The van der Waals surface area contributed by atoms with E-state index >= 15 is 0 Å². The zero-order valence-electron chi connectivity index (χ0n) is 16.4. The average molecular weight is 383 g/mol. The number of carbonyl (C=O) groups excluding carboxylic acids is 2. The van der Waals surface area contributed by atoms with Gasteiger partial charge < -0.3 is 19.9 Å². The lowest BCUT2D eigenvalue weighted by Crippen LogP contribution is -2.48. The highest BCUT2D eigenvalue weighted by Crippen LogP contribution is 2.25. The normalized spacial score (nSPS) is 14.1. The second-order valence-electron chi connectivity index (χ2n) is 6.87. The van der Waals surface area contributed by atoms with E-state index < -0.39 is 0 Å². The van der Waals surface area contributed by atoms with Crippen molar-refractivity contribution in [3.63, 3.8) is 0 Å². The van der Waals surface area contributed by atoms with Crippen molar-refractivity contribution in [1.82, 2.24) is 14.9 Å². The van der Waals surface area contributed by atoms with Crippen LogP contribution in [-0.4, -0.2) is 59.0 Å². The number of rotatable bonds is 5. The van der Waals surface area contributed by atoms with Gasteiger partial charge in [0.25, 0.3) is 5.91 Å². The molecular formula is C20H25N5O3. The van der Waals surface area contributed by atoms with Gasteiger partial charge in [-0.05, 0) is 26.0 Å². The highest BCUT2D eigenvalue weighted by atomic mass is 16.5. The van der Waals surface area contributed by atoms with Gasteiger partial charge in [0, 0.05) is 33.1 Å². The van der Waals surface area contributed by atoms with E-state index in [9.17, 15) is 9.59 Å². The van der Waals surface area contributed by atoms with E-state index in [0.29, 0.717) is 43.4 Å². The topological polar surface area (TPSA) is 87.7 Å². The maximum Gasteiger partial charge on any atom is 0.275 e. The first kappa shape index (κ1) is 19.6. The molecule has 1 N–H and O–H groups in total. The molecule has 0 bridgehead atoms. The number of nitrogens with one attached hydrogen (secondary N) is 1. The van der Waals surface area contributed by atoms with E-state index in [2.05, 4.69) is 20.2 Å². The molecule has 1 aliphatic heterocycles. The molecule has 0 atom stereocenters. The van der Waals surface area contributed by atoms with Gasteiger partial charge in [-0.2, -0.15) is 0 Å². The molecule has 1 aromatic carbocycles. The van der Waals surface area contributed by atoms with E-state index in [1.54, 1.807) is 19.2 Å². The summed E-state index contributed by atoms with van der Waals surface area (Å²) in [5.74, 6) is 1.04. The van der Waals surface area contributed by atoms with Gasteiger partial charge in [-0.15, -0.1) is 0 Å². The summed E-state index contributed by atoms with van der Waals surface area (Å²) in [6.07, 6.45) is 3.06. The number of nitrogens with zero attached hydrogens (tertiary/aromatic N) is 4. The number of piperazine rings is 1. The molecule has 1 saturated heterocycles. The summed E-state index contributed by atoms with van der Waals surface area (Å²) in [4.78, 5) is 36.4. The molecule has 2 amide bonds. The summed E-state index contributed by atoms with van der Waals surface area (Å²) >= 11 is 0. The number of hydrogen-bond donors (Lipinski definition) is 1.